The molecule has 25 heavy (non-hydrogen) atoms. The lowest BCUT2D eigenvalue weighted by Crippen LogP contribution is -2.00. The quantitative estimate of drug-likeness (QED) is 0.505. The van der Waals surface area contributed by atoms with Crippen molar-refractivity contribution in [1.82, 2.24) is 0 Å². The number of benzene rings is 2. The normalized spacial score (nSPS) is 8.24. The molecule has 0 radical (unpaired) electrons. The van der Waals surface area contributed by atoms with E-state index in [4.69, 9.17) is 4.18 Å². The Bertz CT molecular complexity index is 595. The zero-order valence-corrected chi connectivity index (χ0v) is 14.0. The van der Waals surface area contributed by atoms with Crippen molar-refractivity contribution in [2.75, 3.05) is 0 Å². The topological polar surface area (TPSA) is 26.3 Å². The zero-order valence-electron chi connectivity index (χ0n) is 13.2. The zero-order chi connectivity index (χ0) is 14.4. The summed E-state index contributed by atoms with van der Waals surface area (Å²) >= 11 is 0.740. The maximum Gasteiger partial charge on any atom is 0.350 e. The highest BCUT2D eigenvalue weighted by molar-refractivity contribution is 7.95. The van der Waals surface area contributed by atoms with Crippen molar-refractivity contribution in [3.05, 3.63) is 65.5 Å². The van der Waals surface area contributed by atoms with Crippen molar-refractivity contribution in [2.24, 2.45) is 0 Å². The van der Waals surface area contributed by atoms with E-state index in [1.54, 1.807) is 30.3 Å². The first-order chi connectivity index (χ1) is 9.70. The van der Waals surface area contributed by atoms with E-state index < -0.39 is 11.8 Å². The second-order valence-corrected chi connectivity index (χ2v) is 5.10. The van der Waals surface area contributed by atoms with Gasteiger partial charge in [-0.15, -0.1) is 0 Å². The summed E-state index contributed by atoms with van der Waals surface area (Å²) in [4.78, 5) is 12.1. The summed E-state index contributed by atoms with van der Waals surface area (Å²) in [6.07, 6.45) is 2.05. The fourth-order valence-corrected chi connectivity index (χ4v) is 2.28. The minimum atomic E-state index is -0.471. The van der Waals surface area contributed by atoms with Crippen LogP contribution in [0.25, 0.3) is 0 Å². The Morgan fingerprint density at radius 2 is 1.52 bits per heavy atom. The van der Waals surface area contributed by atoms with Gasteiger partial charge in [0, 0.05) is 0 Å². The summed E-state index contributed by atoms with van der Waals surface area (Å²) < 4.78 is 18.4. The Morgan fingerprint density at radius 1 is 0.960 bits per heavy atom. The van der Waals surface area contributed by atoms with Crippen molar-refractivity contribution in [3.8, 4) is 0 Å². The van der Waals surface area contributed by atoms with Crippen LogP contribution in [0, 0.1) is 5.82 Å². The van der Waals surface area contributed by atoms with Crippen LogP contribution in [0.15, 0.2) is 53.4 Å². The third-order valence-electron chi connectivity index (χ3n) is 2.77. The van der Waals surface area contributed by atoms with Crippen molar-refractivity contribution in [2.45, 2.75) is 24.7 Å². The fraction of sp³-hybridized carbons (Fsp3) is 0.188. The SMILES string of the molecule is CCCc1ccc(C(=O)OSc2ccccc2F)cc1.F.F.F.F.F. The smallest absolute Gasteiger partial charge is 0.350 e. The molecule has 0 aromatic heterocycles. The van der Waals surface area contributed by atoms with E-state index in [2.05, 4.69) is 6.92 Å². The van der Waals surface area contributed by atoms with E-state index in [-0.39, 0.29) is 23.5 Å². The van der Waals surface area contributed by atoms with Crippen LogP contribution in [-0.2, 0) is 10.6 Å². The molecule has 0 N–H and O–H groups in total. The van der Waals surface area contributed by atoms with Crippen molar-refractivity contribution in [1.29, 1.82) is 0 Å². The number of aryl methyl sites for hydroxylation is 1. The summed E-state index contributed by atoms with van der Waals surface area (Å²) in [5.74, 6) is -0.870. The fourth-order valence-electron chi connectivity index (χ4n) is 1.74. The van der Waals surface area contributed by atoms with Crippen LogP contribution in [-0.4, -0.2) is 5.97 Å². The first-order valence-electron chi connectivity index (χ1n) is 6.43. The van der Waals surface area contributed by atoms with Crippen LogP contribution >= 0.6 is 12.0 Å². The Hall–Kier alpha value is -2.16. The Labute approximate surface area is 145 Å². The Balaban J connectivity index is -0.000000441. The summed E-state index contributed by atoms with van der Waals surface area (Å²) in [6, 6.07) is 13.5. The molecule has 0 atom stereocenters. The van der Waals surface area contributed by atoms with E-state index in [0.29, 0.717) is 10.5 Å². The van der Waals surface area contributed by atoms with Gasteiger partial charge in [-0.2, -0.15) is 0 Å². The lowest BCUT2D eigenvalue weighted by atomic mass is 10.1. The molecule has 0 aliphatic carbocycles. The Morgan fingerprint density at radius 3 is 2.04 bits per heavy atom. The van der Waals surface area contributed by atoms with Crippen molar-refractivity contribution >= 4 is 18.0 Å². The lowest BCUT2D eigenvalue weighted by Gasteiger charge is -2.04. The van der Waals surface area contributed by atoms with E-state index in [1.165, 1.54) is 11.6 Å². The average molecular weight is 390 g/mol. The van der Waals surface area contributed by atoms with Gasteiger partial charge in [-0.3, -0.25) is 23.5 Å². The van der Waals surface area contributed by atoms with Crippen LogP contribution in [0.5, 0.6) is 0 Å². The molecule has 0 unspecified atom stereocenters. The molecular weight excluding hydrogens is 370 g/mol. The van der Waals surface area contributed by atoms with Crippen molar-refractivity contribution < 1.29 is 36.9 Å². The van der Waals surface area contributed by atoms with Gasteiger partial charge in [0.15, 0.2) is 0 Å². The van der Waals surface area contributed by atoms with Gasteiger partial charge >= 0.3 is 5.97 Å². The maximum absolute atomic E-state index is 13.4. The summed E-state index contributed by atoms with van der Waals surface area (Å²) in [5, 5.41) is 0. The third kappa shape index (κ3) is 9.04. The highest BCUT2D eigenvalue weighted by atomic mass is 32.2. The monoisotopic (exact) mass is 390 g/mol. The predicted molar refractivity (Wildman–Crippen MR) is 90.6 cm³/mol. The number of hydrogen-bond donors (Lipinski definition) is 0. The lowest BCUT2D eigenvalue weighted by molar-refractivity contribution is 0.0768. The second-order valence-electron chi connectivity index (χ2n) is 4.33. The largest absolute Gasteiger partial charge is 0.382 e. The van der Waals surface area contributed by atoms with Gasteiger partial charge in [0.05, 0.1) is 22.5 Å². The van der Waals surface area contributed by atoms with Crippen LogP contribution in [0.4, 0.5) is 27.9 Å². The van der Waals surface area contributed by atoms with Gasteiger partial charge in [0.2, 0.25) is 0 Å². The molecular formula is C16H20F6O2S. The minimum Gasteiger partial charge on any atom is -0.382 e. The third-order valence-corrected chi connectivity index (χ3v) is 3.52. The van der Waals surface area contributed by atoms with Gasteiger partial charge in [0.25, 0.3) is 0 Å². The molecule has 0 aliphatic rings. The number of hydrogen-bond acceptors (Lipinski definition) is 3. The van der Waals surface area contributed by atoms with Gasteiger partial charge in [-0.1, -0.05) is 37.6 Å². The summed E-state index contributed by atoms with van der Waals surface area (Å²) in [7, 11) is 0. The molecule has 0 bridgehead atoms. The van der Waals surface area contributed by atoms with Crippen LogP contribution < -0.4 is 0 Å². The molecule has 2 aromatic carbocycles. The highest BCUT2D eigenvalue weighted by Crippen LogP contribution is 2.23. The van der Waals surface area contributed by atoms with Crippen LogP contribution in [0.2, 0.25) is 0 Å². The molecule has 9 heteroatoms. The summed E-state index contributed by atoms with van der Waals surface area (Å²) in [5.41, 5.74) is 1.65. The number of rotatable bonds is 5. The number of carbonyl (C=O) groups excluding carboxylic acids is 1. The molecule has 0 amide bonds. The molecule has 0 heterocycles. The van der Waals surface area contributed by atoms with Crippen molar-refractivity contribution in [3.63, 3.8) is 0 Å². The van der Waals surface area contributed by atoms with E-state index >= 15 is 0 Å². The summed E-state index contributed by atoms with van der Waals surface area (Å²) in [6.45, 7) is 2.10. The van der Waals surface area contributed by atoms with Crippen LogP contribution in [0.3, 0.4) is 0 Å². The molecule has 2 nitrogen and oxygen atoms in total. The molecule has 0 fully saturated rings. The predicted octanol–water partition coefficient (Wildman–Crippen LogP) is 5.40. The molecule has 0 saturated heterocycles. The van der Waals surface area contributed by atoms with Crippen LogP contribution in [0.1, 0.15) is 29.3 Å². The molecule has 144 valence electrons. The van der Waals surface area contributed by atoms with Gasteiger partial charge in [-0.25, -0.2) is 9.18 Å². The van der Waals surface area contributed by atoms with E-state index in [0.717, 1.165) is 24.9 Å². The van der Waals surface area contributed by atoms with Gasteiger partial charge in [0.1, 0.15) is 5.82 Å². The Kier molecular flexibility index (Phi) is 18.9. The highest BCUT2D eigenvalue weighted by Gasteiger charge is 2.10. The van der Waals surface area contributed by atoms with E-state index in [1.807, 2.05) is 12.1 Å². The first-order valence-corrected chi connectivity index (χ1v) is 7.17. The molecule has 2 rings (SSSR count). The van der Waals surface area contributed by atoms with Gasteiger partial charge in [-0.05, 0) is 36.2 Å². The van der Waals surface area contributed by atoms with E-state index in [9.17, 15) is 9.18 Å². The molecule has 2 aromatic rings. The molecule has 0 saturated carbocycles. The minimum absolute atomic E-state index is 0. The van der Waals surface area contributed by atoms with Gasteiger partial charge < -0.3 is 4.18 Å². The number of carbonyl (C=O) groups is 1. The molecule has 0 aliphatic heterocycles. The number of halogens is 6. The second kappa shape index (κ2) is 15.4. The first kappa shape index (κ1) is 30.7. The average Bonchev–Trinajstić information content (AvgIpc) is 2.47. The standard InChI is InChI=1S/C16H15FO2S.5FH/c1-2-5-12-8-10-13(11-9-12)16(18)19-20-15-7-4-3-6-14(15)17;;;;;/h3-4,6-11H,2,5H2,1H3;5*1H. The molecule has 0 spiro atoms. The maximum atomic E-state index is 13.4.